The lowest BCUT2D eigenvalue weighted by Gasteiger charge is -2.34. The molecule has 2 rings (SSSR count). The van der Waals surface area contributed by atoms with Crippen molar-refractivity contribution < 1.29 is 14.3 Å². The lowest BCUT2D eigenvalue weighted by molar-refractivity contribution is -0.146. The van der Waals surface area contributed by atoms with E-state index in [0.717, 1.165) is 39.1 Å². The third-order valence-corrected chi connectivity index (χ3v) is 5.07. The molecule has 1 saturated heterocycles. The van der Waals surface area contributed by atoms with E-state index in [9.17, 15) is 9.59 Å². The number of benzene rings is 1. The van der Waals surface area contributed by atoms with Crippen LogP contribution in [0.15, 0.2) is 30.3 Å². The number of piperazine rings is 1. The Morgan fingerprint density at radius 2 is 1.73 bits per heavy atom. The minimum Gasteiger partial charge on any atom is -0.467 e. The summed E-state index contributed by atoms with van der Waals surface area (Å²) in [5.41, 5.74) is 1.31. The van der Waals surface area contributed by atoms with Crippen LogP contribution < -0.4 is 5.32 Å². The number of nitrogens with one attached hydrogen (secondary N) is 1. The molecule has 6 nitrogen and oxygen atoms in total. The van der Waals surface area contributed by atoms with Gasteiger partial charge in [-0.05, 0) is 11.5 Å². The Labute approximate surface area is 156 Å². The molecule has 0 saturated carbocycles. The van der Waals surface area contributed by atoms with Gasteiger partial charge in [0.1, 0.15) is 6.04 Å². The molecular formula is C20H31N3O3. The maximum atomic E-state index is 12.4. The number of amides is 1. The molecule has 1 aliphatic rings. The molecule has 0 aromatic heterocycles. The first-order valence-electron chi connectivity index (χ1n) is 9.39. The molecular weight excluding hydrogens is 330 g/mol. The monoisotopic (exact) mass is 361 g/mol. The molecule has 1 aromatic rings. The van der Waals surface area contributed by atoms with E-state index in [1.807, 2.05) is 19.9 Å². The molecule has 2 atom stereocenters. The Hall–Kier alpha value is -1.92. The van der Waals surface area contributed by atoms with Crippen LogP contribution in [-0.4, -0.2) is 67.6 Å². The minimum absolute atomic E-state index is 0.0501. The van der Waals surface area contributed by atoms with Crippen LogP contribution in [0.25, 0.3) is 0 Å². The number of esters is 1. The number of hydrogen-bond donors (Lipinski definition) is 1. The average Bonchev–Trinajstić information content (AvgIpc) is 2.67. The van der Waals surface area contributed by atoms with Gasteiger partial charge in [-0.2, -0.15) is 0 Å². The quantitative estimate of drug-likeness (QED) is 0.711. The van der Waals surface area contributed by atoms with Crippen molar-refractivity contribution in [3.63, 3.8) is 0 Å². The van der Waals surface area contributed by atoms with E-state index >= 15 is 0 Å². The van der Waals surface area contributed by atoms with E-state index in [1.165, 1.54) is 12.7 Å². The summed E-state index contributed by atoms with van der Waals surface area (Å²) in [5.74, 6) is -0.438. The number of ether oxygens (including phenoxy) is 1. The number of methoxy groups -OCH3 is 1. The third-order valence-electron chi connectivity index (χ3n) is 5.07. The number of carbonyl (C=O) groups is 2. The van der Waals surface area contributed by atoms with Gasteiger partial charge in [-0.25, -0.2) is 4.79 Å². The van der Waals surface area contributed by atoms with Crippen LogP contribution in [0.5, 0.6) is 0 Å². The smallest absolute Gasteiger partial charge is 0.328 e. The molecule has 0 bridgehead atoms. The van der Waals surface area contributed by atoms with Crippen molar-refractivity contribution in [3.05, 3.63) is 35.9 Å². The molecule has 1 N–H and O–H groups in total. The number of rotatable bonds is 8. The predicted molar refractivity (Wildman–Crippen MR) is 102 cm³/mol. The Bertz CT molecular complexity index is 571. The maximum Gasteiger partial charge on any atom is 0.328 e. The maximum absolute atomic E-state index is 12.4. The van der Waals surface area contributed by atoms with Crippen LogP contribution in [0.2, 0.25) is 0 Å². The van der Waals surface area contributed by atoms with Gasteiger partial charge in [0.25, 0.3) is 0 Å². The van der Waals surface area contributed by atoms with Crippen LogP contribution in [0.4, 0.5) is 0 Å². The zero-order valence-corrected chi connectivity index (χ0v) is 16.1. The van der Waals surface area contributed by atoms with Crippen LogP contribution >= 0.6 is 0 Å². The standard InChI is InChI=1S/C20H31N3O3/c1-4-16(2)19(20(25)26-3)21-18(24)15-23-12-10-22(11-13-23)14-17-8-6-5-7-9-17/h5-9,16,19H,4,10-15H2,1-3H3,(H,21,24)/t16-,19-/m0/s1. The summed E-state index contributed by atoms with van der Waals surface area (Å²) < 4.78 is 4.82. The Balaban J connectivity index is 1.77. The number of hydrogen-bond acceptors (Lipinski definition) is 5. The molecule has 26 heavy (non-hydrogen) atoms. The fourth-order valence-electron chi connectivity index (χ4n) is 3.17. The summed E-state index contributed by atoms with van der Waals surface area (Å²) in [6, 6.07) is 9.86. The highest BCUT2D eigenvalue weighted by atomic mass is 16.5. The molecule has 0 aliphatic carbocycles. The zero-order valence-electron chi connectivity index (χ0n) is 16.1. The zero-order chi connectivity index (χ0) is 18.9. The van der Waals surface area contributed by atoms with Gasteiger partial charge in [0.2, 0.25) is 5.91 Å². The first-order chi connectivity index (χ1) is 12.5. The molecule has 1 fully saturated rings. The van der Waals surface area contributed by atoms with Crippen molar-refractivity contribution >= 4 is 11.9 Å². The molecule has 0 spiro atoms. The lowest BCUT2D eigenvalue weighted by atomic mass is 9.99. The van der Waals surface area contributed by atoms with Gasteiger partial charge in [0, 0.05) is 32.7 Å². The summed E-state index contributed by atoms with van der Waals surface area (Å²) in [6.45, 7) is 8.80. The molecule has 0 radical (unpaired) electrons. The Kier molecular flexibility index (Phi) is 8.06. The van der Waals surface area contributed by atoms with Crippen LogP contribution in [0, 0.1) is 5.92 Å². The fraction of sp³-hybridized carbons (Fsp3) is 0.600. The Morgan fingerprint density at radius 1 is 1.12 bits per heavy atom. The molecule has 1 aliphatic heterocycles. The lowest BCUT2D eigenvalue weighted by Crippen LogP contribution is -2.52. The van der Waals surface area contributed by atoms with E-state index in [0.29, 0.717) is 6.54 Å². The Morgan fingerprint density at radius 3 is 2.31 bits per heavy atom. The molecule has 144 valence electrons. The highest BCUT2D eigenvalue weighted by molar-refractivity contribution is 5.85. The fourth-order valence-corrected chi connectivity index (χ4v) is 3.17. The summed E-state index contributed by atoms with van der Waals surface area (Å²) >= 11 is 0. The summed E-state index contributed by atoms with van der Waals surface area (Å²) in [7, 11) is 1.36. The molecule has 6 heteroatoms. The van der Waals surface area contributed by atoms with Gasteiger partial charge in [-0.15, -0.1) is 0 Å². The van der Waals surface area contributed by atoms with Gasteiger partial charge < -0.3 is 10.1 Å². The van der Waals surface area contributed by atoms with Crippen LogP contribution in [0.3, 0.4) is 0 Å². The molecule has 1 aromatic carbocycles. The van der Waals surface area contributed by atoms with E-state index in [2.05, 4.69) is 39.4 Å². The third kappa shape index (κ3) is 6.11. The van der Waals surface area contributed by atoms with Gasteiger partial charge in [0.15, 0.2) is 0 Å². The van der Waals surface area contributed by atoms with Crippen molar-refractivity contribution in [2.24, 2.45) is 5.92 Å². The minimum atomic E-state index is -0.572. The second kappa shape index (κ2) is 10.3. The first-order valence-corrected chi connectivity index (χ1v) is 9.39. The van der Waals surface area contributed by atoms with Crippen LogP contribution in [-0.2, 0) is 20.9 Å². The summed E-state index contributed by atoms with van der Waals surface area (Å²) in [4.78, 5) is 28.8. The predicted octanol–water partition coefficient (Wildman–Crippen LogP) is 1.51. The summed E-state index contributed by atoms with van der Waals surface area (Å²) in [5, 5.41) is 2.85. The molecule has 1 heterocycles. The van der Waals surface area contributed by atoms with E-state index in [4.69, 9.17) is 4.74 Å². The van der Waals surface area contributed by atoms with Crippen molar-refractivity contribution in [3.8, 4) is 0 Å². The van der Waals surface area contributed by atoms with Crippen molar-refractivity contribution in [2.75, 3.05) is 39.8 Å². The van der Waals surface area contributed by atoms with Gasteiger partial charge >= 0.3 is 5.97 Å². The highest BCUT2D eigenvalue weighted by Crippen LogP contribution is 2.10. The van der Waals surface area contributed by atoms with Gasteiger partial charge in [-0.3, -0.25) is 14.6 Å². The molecule has 0 unspecified atom stereocenters. The van der Waals surface area contributed by atoms with E-state index < -0.39 is 6.04 Å². The highest BCUT2D eigenvalue weighted by Gasteiger charge is 2.27. The summed E-state index contributed by atoms with van der Waals surface area (Å²) in [6.07, 6.45) is 0.804. The number of carbonyl (C=O) groups excluding carboxylic acids is 2. The second-order valence-electron chi connectivity index (χ2n) is 6.99. The number of nitrogens with zero attached hydrogens (tertiary/aromatic N) is 2. The van der Waals surface area contributed by atoms with Crippen molar-refractivity contribution in [1.29, 1.82) is 0 Å². The second-order valence-corrected chi connectivity index (χ2v) is 6.99. The van der Waals surface area contributed by atoms with Gasteiger partial charge in [0.05, 0.1) is 13.7 Å². The van der Waals surface area contributed by atoms with Crippen molar-refractivity contribution in [2.45, 2.75) is 32.9 Å². The SMILES string of the molecule is CC[C@H](C)[C@H](NC(=O)CN1CCN(Cc2ccccc2)CC1)C(=O)OC. The normalized spacial score (nSPS) is 18.1. The van der Waals surface area contributed by atoms with Gasteiger partial charge in [-0.1, -0.05) is 50.6 Å². The van der Waals surface area contributed by atoms with Crippen LogP contribution in [0.1, 0.15) is 25.8 Å². The largest absolute Gasteiger partial charge is 0.467 e. The van der Waals surface area contributed by atoms with Crippen molar-refractivity contribution in [1.82, 2.24) is 15.1 Å². The first kappa shape index (κ1) is 20.4. The van der Waals surface area contributed by atoms with E-state index in [-0.39, 0.29) is 17.8 Å². The van der Waals surface area contributed by atoms with E-state index in [1.54, 1.807) is 0 Å². The molecule has 1 amide bonds. The topological polar surface area (TPSA) is 61.9 Å². The average molecular weight is 361 g/mol.